The van der Waals surface area contributed by atoms with Gasteiger partial charge in [0.15, 0.2) is 0 Å². The van der Waals surface area contributed by atoms with Gasteiger partial charge in [-0.2, -0.15) is 0 Å². The Morgan fingerprint density at radius 3 is 2.29 bits per heavy atom. The maximum absolute atomic E-state index is 10.6. The number of carbonyl (C=O) groups is 1. The molecule has 0 bridgehead atoms. The zero-order valence-electron chi connectivity index (χ0n) is 9.37. The van der Waals surface area contributed by atoms with E-state index in [2.05, 4.69) is 0 Å². The van der Waals surface area contributed by atoms with Crippen LogP contribution in [0.1, 0.15) is 12.5 Å². The third-order valence-corrected chi connectivity index (χ3v) is 3.51. The van der Waals surface area contributed by atoms with Gasteiger partial charge in [0, 0.05) is 12.7 Å². The number of hydrogen-bond acceptors (Lipinski definition) is 6. The summed E-state index contributed by atoms with van der Waals surface area (Å²) < 4.78 is 35.9. The molecule has 0 N–H and O–H groups in total. The number of ether oxygens (including phenoxy) is 1. The molecule has 0 aliphatic rings. The van der Waals surface area contributed by atoms with E-state index in [1.807, 2.05) is 0 Å². The quantitative estimate of drug-likeness (QED) is 0.216. The van der Waals surface area contributed by atoms with Crippen LogP contribution in [0.5, 0.6) is 5.75 Å². The summed E-state index contributed by atoms with van der Waals surface area (Å²) in [5, 5.41) is 0. The normalized spacial score (nSPS) is 10.5. The molecular formula is C9H9NaO5S2. The Labute approximate surface area is 125 Å². The van der Waals surface area contributed by atoms with Crippen LogP contribution in [0.4, 0.5) is 0 Å². The molecule has 0 spiro atoms. The van der Waals surface area contributed by atoms with Gasteiger partial charge in [-0.05, 0) is 28.5 Å². The van der Waals surface area contributed by atoms with Crippen LogP contribution in [0.25, 0.3) is 0 Å². The Bertz CT molecular complexity index is 469. The molecule has 17 heavy (non-hydrogen) atoms. The van der Waals surface area contributed by atoms with Crippen LogP contribution < -0.4 is 34.3 Å². The summed E-state index contributed by atoms with van der Waals surface area (Å²) in [4.78, 5) is 10.6. The summed E-state index contributed by atoms with van der Waals surface area (Å²) >= 11 is 0. The molecule has 0 atom stereocenters. The smallest absolute Gasteiger partial charge is 0.739 e. The van der Waals surface area contributed by atoms with Crippen molar-refractivity contribution in [3.63, 3.8) is 0 Å². The average molecular weight is 284 g/mol. The first kappa shape index (κ1) is 16.9. The van der Waals surface area contributed by atoms with E-state index >= 15 is 0 Å². The molecule has 0 amide bonds. The van der Waals surface area contributed by atoms with Crippen LogP contribution in [-0.2, 0) is 19.7 Å². The average Bonchev–Trinajstić information content (AvgIpc) is 2.14. The molecule has 88 valence electrons. The van der Waals surface area contributed by atoms with Gasteiger partial charge in [-0.3, -0.25) is 4.79 Å². The minimum Gasteiger partial charge on any atom is -0.739 e. The monoisotopic (exact) mass is 284 g/mol. The van der Waals surface area contributed by atoms with Gasteiger partial charge in [-0.1, -0.05) is 12.1 Å². The molecule has 0 unspecified atom stereocenters. The van der Waals surface area contributed by atoms with Crippen molar-refractivity contribution in [2.45, 2.75) is 12.7 Å². The first-order valence-electron chi connectivity index (χ1n) is 4.24. The molecule has 0 heterocycles. The molecular weight excluding hydrogens is 275 g/mol. The standard InChI is InChI=1S/C9H10O5S2.Na/c1-7(10)14-9-4-2-8(3-5-9)6-15-16(11,12)13;/h2-5H,6H2,1H3,(H,11,12,13);/q;+1/p-1. The predicted molar refractivity (Wildman–Crippen MR) is 58.7 cm³/mol. The largest absolute Gasteiger partial charge is 1.00 e. The SMILES string of the molecule is CC(=O)Oc1ccc(CSS(=O)(=O)[O-])cc1.[Na+]. The van der Waals surface area contributed by atoms with Gasteiger partial charge in [-0.15, -0.1) is 0 Å². The zero-order chi connectivity index (χ0) is 12.2. The van der Waals surface area contributed by atoms with Crippen molar-refractivity contribution in [2.24, 2.45) is 0 Å². The second-order valence-corrected chi connectivity index (χ2v) is 6.18. The summed E-state index contributed by atoms with van der Waals surface area (Å²) in [6.45, 7) is 1.29. The molecule has 0 fully saturated rings. The van der Waals surface area contributed by atoms with Crippen molar-refractivity contribution >= 4 is 25.9 Å². The van der Waals surface area contributed by atoms with E-state index < -0.39 is 15.1 Å². The zero-order valence-corrected chi connectivity index (χ0v) is 13.0. The third kappa shape index (κ3) is 7.80. The van der Waals surface area contributed by atoms with E-state index in [1.54, 1.807) is 12.1 Å². The van der Waals surface area contributed by atoms with E-state index in [0.717, 1.165) is 0 Å². The molecule has 8 heteroatoms. The van der Waals surface area contributed by atoms with Gasteiger partial charge in [0.1, 0.15) is 14.9 Å². The minimum atomic E-state index is -4.27. The Morgan fingerprint density at radius 1 is 1.35 bits per heavy atom. The van der Waals surface area contributed by atoms with E-state index in [-0.39, 0.29) is 35.3 Å². The first-order chi connectivity index (χ1) is 7.37. The number of carbonyl (C=O) groups excluding carboxylic acids is 1. The Balaban J connectivity index is 0.00000256. The van der Waals surface area contributed by atoms with Crippen molar-refractivity contribution in [3.05, 3.63) is 29.8 Å². The van der Waals surface area contributed by atoms with Crippen LogP contribution in [0, 0.1) is 0 Å². The number of esters is 1. The van der Waals surface area contributed by atoms with E-state index in [4.69, 9.17) is 4.74 Å². The maximum Gasteiger partial charge on any atom is 1.00 e. The molecule has 0 radical (unpaired) electrons. The predicted octanol–water partition coefficient (Wildman–Crippen LogP) is -1.69. The first-order valence-corrected chi connectivity index (χ1v) is 7.15. The van der Waals surface area contributed by atoms with E-state index in [0.29, 0.717) is 22.1 Å². The third-order valence-electron chi connectivity index (χ3n) is 1.55. The molecule has 0 saturated heterocycles. The van der Waals surface area contributed by atoms with Crippen LogP contribution in [0.3, 0.4) is 0 Å². The van der Waals surface area contributed by atoms with Crippen molar-refractivity contribution in [3.8, 4) is 5.75 Å². The summed E-state index contributed by atoms with van der Waals surface area (Å²) in [6, 6.07) is 6.26. The molecule has 0 aromatic heterocycles. The fourth-order valence-electron chi connectivity index (χ4n) is 0.960. The molecule has 0 aliphatic heterocycles. The number of benzene rings is 1. The molecule has 5 nitrogen and oxygen atoms in total. The molecule has 0 saturated carbocycles. The Kier molecular flexibility index (Phi) is 7.38. The minimum absolute atomic E-state index is 0. The summed E-state index contributed by atoms with van der Waals surface area (Å²) in [7, 11) is -3.95. The van der Waals surface area contributed by atoms with E-state index in [9.17, 15) is 17.8 Å². The molecule has 1 aromatic rings. The van der Waals surface area contributed by atoms with Gasteiger partial charge >= 0.3 is 35.5 Å². The van der Waals surface area contributed by atoms with Crippen molar-refractivity contribution in [1.82, 2.24) is 0 Å². The summed E-state index contributed by atoms with van der Waals surface area (Å²) in [5.41, 5.74) is 0.667. The molecule has 0 aliphatic carbocycles. The fourth-order valence-corrected chi connectivity index (χ4v) is 2.27. The number of hydrogen-bond donors (Lipinski definition) is 0. The van der Waals surface area contributed by atoms with Gasteiger partial charge < -0.3 is 9.29 Å². The number of rotatable bonds is 4. The van der Waals surface area contributed by atoms with Gasteiger partial charge in [0.05, 0.1) is 0 Å². The topological polar surface area (TPSA) is 83.5 Å². The second kappa shape index (κ2) is 7.40. The maximum atomic E-state index is 10.6. The van der Waals surface area contributed by atoms with Crippen molar-refractivity contribution in [1.29, 1.82) is 0 Å². The van der Waals surface area contributed by atoms with Crippen molar-refractivity contribution in [2.75, 3.05) is 0 Å². The van der Waals surface area contributed by atoms with Gasteiger partial charge in [0.25, 0.3) is 0 Å². The van der Waals surface area contributed by atoms with E-state index in [1.165, 1.54) is 19.1 Å². The van der Waals surface area contributed by atoms with Crippen LogP contribution >= 0.6 is 10.8 Å². The summed E-state index contributed by atoms with van der Waals surface area (Å²) in [6.07, 6.45) is 0. The van der Waals surface area contributed by atoms with Gasteiger partial charge in [-0.25, -0.2) is 8.42 Å². The van der Waals surface area contributed by atoms with Gasteiger partial charge in [0.2, 0.25) is 0 Å². The Hall–Kier alpha value is -0.0500. The van der Waals surface area contributed by atoms with Crippen LogP contribution in [0.2, 0.25) is 0 Å². The Morgan fingerprint density at radius 2 is 1.88 bits per heavy atom. The summed E-state index contributed by atoms with van der Waals surface area (Å²) in [5.74, 6) is 0.0297. The van der Waals surface area contributed by atoms with Crippen LogP contribution in [-0.4, -0.2) is 18.9 Å². The molecule has 1 rings (SSSR count). The van der Waals surface area contributed by atoms with Crippen molar-refractivity contribution < 1.29 is 52.1 Å². The molecule has 1 aromatic carbocycles. The second-order valence-electron chi connectivity index (χ2n) is 2.91. The fraction of sp³-hybridized carbons (Fsp3) is 0.222. The van der Waals surface area contributed by atoms with Crippen LogP contribution in [0.15, 0.2) is 24.3 Å².